The van der Waals surface area contributed by atoms with Crippen molar-refractivity contribution in [2.75, 3.05) is 6.54 Å². The Balaban J connectivity index is 1.25. The van der Waals surface area contributed by atoms with E-state index in [2.05, 4.69) is 30.8 Å². The number of sulfonamides is 1. The fourth-order valence-electron chi connectivity index (χ4n) is 10.7. The summed E-state index contributed by atoms with van der Waals surface area (Å²) in [4.78, 5) is 24.2. The van der Waals surface area contributed by atoms with E-state index in [9.17, 15) is 23.1 Å². The Bertz CT molecular complexity index is 1310. The first kappa shape index (κ1) is 33.2. The average Bonchev–Trinajstić information content (AvgIpc) is 3.33. The Morgan fingerprint density at radius 1 is 1.07 bits per heavy atom. The molecule has 5 rings (SSSR count). The third-order valence-electron chi connectivity index (χ3n) is 12.6. The zero-order valence-electron chi connectivity index (χ0n) is 26.8. The highest BCUT2D eigenvalue weighted by Crippen LogP contribution is 2.69. The van der Waals surface area contributed by atoms with Crippen molar-refractivity contribution in [1.82, 2.24) is 10.0 Å². The van der Waals surface area contributed by atoms with E-state index in [1.807, 2.05) is 6.92 Å². The number of hydrogen-bond acceptors (Lipinski definition) is 6. The topological polar surface area (TPSA) is 122 Å². The summed E-state index contributed by atoms with van der Waals surface area (Å²) < 4.78 is 48.7. The zero-order chi connectivity index (χ0) is 32.0. The largest absolute Gasteiger partial charge is 0.459 e. The van der Waals surface area contributed by atoms with Gasteiger partial charge in [-0.05, 0) is 103 Å². The van der Waals surface area contributed by atoms with Gasteiger partial charge in [0.25, 0.3) is 10.0 Å². The van der Waals surface area contributed by atoms with Crippen LogP contribution in [-0.4, -0.2) is 50.4 Å². The normalized spacial score (nSPS) is 40.6. The number of esters is 1. The number of halogens is 1. The number of carbonyl (C=O) groups excluding carboxylic acids is 2. The van der Waals surface area contributed by atoms with Crippen LogP contribution in [0.1, 0.15) is 86.0 Å². The Labute approximate surface area is 262 Å². The fourth-order valence-corrected chi connectivity index (χ4v) is 11.7. The number of alkyl halides is 1. The summed E-state index contributed by atoms with van der Waals surface area (Å²) in [5.74, 6) is 0.440. The molecule has 4 fully saturated rings. The quantitative estimate of drug-likeness (QED) is 0.309. The van der Waals surface area contributed by atoms with E-state index >= 15 is 4.39 Å². The van der Waals surface area contributed by atoms with E-state index in [1.165, 1.54) is 19.1 Å². The van der Waals surface area contributed by atoms with Crippen LogP contribution in [0.3, 0.4) is 0 Å². The second-order valence-electron chi connectivity index (χ2n) is 14.7. The van der Waals surface area contributed by atoms with Crippen molar-refractivity contribution in [2.45, 2.75) is 109 Å². The maximum absolute atomic E-state index is 16.2. The lowest BCUT2D eigenvalue weighted by Gasteiger charge is -2.65. The van der Waals surface area contributed by atoms with Gasteiger partial charge in [0, 0.05) is 19.4 Å². The lowest BCUT2D eigenvalue weighted by molar-refractivity contribution is -0.226. The molecule has 4 unspecified atom stereocenters. The molecule has 0 radical (unpaired) electrons. The number of aliphatic hydroxyl groups is 1. The van der Waals surface area contributed by atoms with Crippen LogP contribution in [0, 0.1) is 52.3 Å². The minimum atomic E-state index is -3.93. The predicted octanol–water partition coefficient (Wildman–Crippen LogP) is 5.85. The molecule has 4 aliphatic carbocycles. The summed E-state index contributed by atoms with van der Waals surface area (Å²) in [7, 11) is -3.93. The Morgan fingerprint density at radius 2 is 1.73 bits per heavy atom. The molecule has 3 N–H and O–H groups in total. The first-order valence-corrected chi connectivity index (χ1v) is 18.1. The van der Waals surface area contributed by atoms with Gasteiger partial charge in [-0.2, -0.15) is 0 Å². The van der Waals surface area contributed by atoms with Crippen molar-refractivity contribution < 1.29 is 32.2 Å². The molecule has 12 atom stereocenters. The third kappa shape index (κ3) is 5.78. The van der Waals surface area contributed by atoms with E-state index < -0.39 is 40.4 Å². The number of aliphatic hydroxyl groups excluding tert-OH is 1. The van der Waals surface area contributed by atoms with Gasteiger partial charge in [0.2, 0.25) is 0 Å². The molecule has 8 nitrogen and oxygen atoms in total. The van der Waals surface area contributed by atoms with E-state index in [0.29, 0.717) is 37.1 Å². The van der Waals surface area contributed by atoms with E-state index in [4.69, 9.17) is 4.74 Å². The highest BCUT2D eigenvalue weighted by atomic mass is 32.2. The highest BCUT2D eigenvalue weighted by Gasteiger charge is 2.67. The van der Waals surface area contributed by atoms with E-state index in [1.54, 1.807) is 18.2 Å². The molecule has 4 aliphatic rings. The van der Waals surface area contributed by atoms with Crippen molar-refractivity contribution in [1.29, 1.82) is 0 Å². The lowest BCUT2D eigenvalue weighted by Crippen LogP contribution is -2.65. The number of carbonyl (C=O) groups is 2. The monoisotopic (exact) mass is 634 g/mol. The average molecular weight is 635 g/mol. The SMILES string of the molecule is CC[C@@H]1[C@@H]2[C@@H](F)[C@H](OC(C)=O)CC[C@]2(C)C2CC[C@@]3(C)C(CCC3[C@H](C)CCNC(=O)NS(=O)(=O)c3ccccc3)C2[C@@H]1O. The van der Waals surface area contributed by atoms with Crippen LogP contribution in [0.2, 0.25) is 0 Å². The Hall–Kier alpha value is -2.20. The molecule has 2 amide bonds. The molecule has 0 bridgehead atoms. The van der Waals surface area contributed by atoms with Gasteiger partial charge in [0.15, 0.2) is 0 Å². The maximum atomic E-state index is 16.2. The smallest absolute Gasteiger partial charge is 0.328 e. The van der Waals surface area contributed by atoms with Gasteiger partial charge in [-0.25, -0.2) is 22.3 Å². The molecule has 0 aliphatic heterocycles. The predicted molar refractivity (Wildman–Crippen MR) is 166 cm³/mol. The number of urea groups is 1. The van der Waals surface area contributed by atoms with Crippen molar-refractivity contribution in [3.05, 3.63) is 30.3 Å². The van der Waals surface area contributed by atoms with Crippen molar-refractivity contribution in [2.24, 2.45) is 52.3 Å². The summed E-state index contributed by atoms with van der Waals surface area (Å²) in [6.07, 6.45) is 4.19. The molecule has 0 saturated heterocycles. The maximum Gasteiger partial charge on any atom is 0.328 e. The summed E-state index contributed by atoms with van der Waals surface area (Å²) in [6.45, 7) is 10.6. The van der Waals surface area contributed by atoms with Crippen molar-refractivity contribution >= 4 is 22.0 Å². The zero-order valence-corrected chi connectivity index (χ0v) is 27.6. The van der Waals surface area contributed by atoms with Crippen LogP contribution in [-0.2, 0) is 19.6 Å². The van der Waals surface area contributed by atoms with Crippen LogP contribution >= 0.6 is 0 Å². The van der Waals surface area contributed by atoms with Gasteiger partial charge in [-0.15, -0.1) is 0 Å². The number of rotatable bonds is 8. The minimum absolute atomic E-state index is 0.0337. The van der Waals surface area contributed by atoms with Gasteiger partial charge in [0.1, 0.15) is 12.3 Å². The molecule has 44 heavy (non-hydrogen) atoms. The number of ether oxygens (including phenoxy) is 1. The highest BCUT2D eigenvalue weighted by molar-refractivity contribution is 7.90. The molecule has 4 saturated carbocycles. The number of hydrogen-bond donors (Lipinski definition) is 3. The van der Waals surface area contributed by atoms with Crippen LogP contribution in [0.4, 0.5) is 9.18 Å². The number of nitrogens with one attached hydrogen (secondary N) is 2. The minimum Gasteiger partial charge on any atom is -0.459 e. The second kappa shape index (κ2) is 12.5. The number of amides is 2. The standard InChI is InChI=1S/C34H51FN2O6S/c1-6-23-29-30(35)27(43-21(3)38)15-18-34(29,5)26-14-17-33(4)24(12-13-25(33)28(26)31(23)39)20(2)16-19-36-32(40)37-44(41,42)22-10-8-7-9-11-22/h7-11,20,23-31,39H,6,12-19H2,1-5H3,(H2,36,37,40)/t20-,23-,24?,25?,26?,27-,28?,29-,30+,31-,33-,34-/m1/s1. The van der Waals surface area contributed by atoms with Crippen molar-refractivity contribution in [3.63, 3.8) is 0 Å². The summed E-state index contributed by atoms with van der Waals surface area (Å²) in [6, 6.07) is 7.09. The van der Waals surface area contributed by atoms with Crippen molar-refractivity contribution in [3.8, 4) is 0 Å². The first-order chi connectivity index (χ1) is 20.7. The molecular formula is C34H51FN2O6S. The molecule has 0 aromatic heterocycles. The Morgan fingerprint density at radius 3 is 2.39 bits per heavy atom. The van der Waals surface area contributed by atoms with Gasteiger partial charge < -0.3 is 15.2 Å². The molecular weight excluding hydrogens is 583 g/mol. The molecule has 1 aromatic carbocycles. The van der Waals surface area contributed by atoms with Gasteiger partial charge in [-0.3, -0.25) is 4.79 Å². The summed E-state index contributed by atoms with van der Waals surface area (Å²) in [5, 5.41) is 14.7. The summed E-state index contributed by atoms with van der Waals surface area (Å²) in [5.41, 5.74) is -0.213. The van der Waals surface area contributed by atoms with E-state index in [-0.39, 0.29) is 39.4 Å². The fraction of sp³-hybridized carbons (Fsp3) is 0.765. The molecule has 0 spiro atoms. The van der Waals surface area contributed by atoms with E-state index in [0.717, 1.165) is 38.5 Å². The van der Waals surface area contributed by atoms with Gasteiger partial charge >= 0.3 is 12.0 Å². The number of benzene rings is 1. The van der Waals surface area contributed by atoms with Crippen LogP contribution in [0.15, 0.2) is 35.2 Å². The van der Waals surface area contributed by atoms with Crippen LogP contribution in [0.5, 0.6) is 0 Å². The Kier molecular flexibility index (Phi) is 9.45. The summed E-state index contributed by atoms with van der Waals surface area (Å²) >= 11 is 0. The van der Waals surface area contributed by atoms with Crippen LogP contribution in [0.25, 0.3) is 0 Å². The second-order valence-corrected chi connectivity index (χ2v) is 16.4. The third-order valence-corrected chi connectivity index (χ3v) is 14.0. The lowest BCUT2D eigenvalue weighted by atomic mass is 9.41. The van der Waals surface area contributed by atoms with Gasteiger partial charge in [0.05, 0.1) is 11.0 Å². The number of fused-ring (bicyclic) bond motifs is 5. The molecule has 0 heterocycles. The first-order valence-electron chi connectivity index (χ1n) is 16.6. The molecule has 246 valence electrons. The van der Waals surface area contributed by atoms with Gasteiger partial charge in [-0.1, -0.05) is 52.3 Å². The molecule has 1 aromatic rings. The molecule has 10 heteroatoms. The van der Waals surface area contributed by atoms with Crippen LogP contribution < -0.4 is 10.0 Å².